The maximum atomic E-state index is 13.4. The summed E-state index contributed by atoms with van der Waals surface area (Å²) in [5.41, 5.74) is 0. The molecule has 14 nitrogen and oxygen atoms in total. The van der Waals surface area contributed by atoms with E-state index in [1.54, 1.807) is 0 Å². The smallest absolute Gasteiger partial charge is 0.220 e. The third-order valence-electron chi connectivity index (χ3n) is 19.1. The number of aliphatic hydroxyl groups excluding tert-OH is 8. The van der Waals surface area contributed by atoms with Gasteiger partial charge in [0.1, 0.15) is 48.8 Å². The molecule has 0 radical (unpaired) electrons. The van der Waals surface area contributed by atoms with Gasteiger partial charge < -0.3 is 65.1 Å². The van der Waals surface area contributed by atoms with Gasteiger partial charge in [0.05, 0.1) is 32.0 Å². The number of aliphatic hydroxyl groups is 8. The van der Waals surface area contributed by atoms with E-state index in [9.17, 15) is 45.6 Å². The molecule has 9 N–H and O–H groups in total. The molecule has 87 heavy (non-hydrogen) atoms. The highest BCUT2D eigenvalue weighted by Gasteiger charge is 2.51. The Morgan fingerprint density at radius 1 is 0.368 bits per heavy atom. The van der Waals surface area contributed by atoms with Crippen LogP contribution in [0, 0.1) is 0 Å². The van der Waals surface area contributed by atoms with Crippen molar-refractivity contribution in [2.45, 2.75) is 441 Å². The second kappa shape index (κ2) is 58.8. The number of hydrogen-bond acceptors (Lipinski definition) is 13. The molecule has 14 heteroatoms. The van der Waals surface area contributed by atoms with E-state index in [1.165, 1.54) is 289 Å². The number of carbonyl (C=O) groups excluding carboxylic acids is 1. The van der Waals surface area contributed by atoms with Crippen molar-refractivity contribution in [1.82, 2.24) is 5.32 Å². The van der Waals surface area contributed by atoms with Crippen molar-refractivity contribution < 1.29 is 64.6 Å². The van der Waals surface area contributed by atoms with E-state index in [4.69, 9.17) is 18.9 Å². The van der Waals surface area contributed by atoms with E-state index in [0.717, 1.165) is 51.4 Å². The SMILES string of the molecule is CCCCCCCCCCCCCCCCCCCCCCCCCCCCCCCCCC(O)C(COC1OC(CO)C(OC2OC(CO)C(O)C(O)C2O)C(O)C1O)NC(=O)CCCCCCCCCCCCCCCCCCCCCCCC. The van der Waals surface area contributed by atoms with E-state index in [0.29, 0.717) is 12.8 Å². The van der Waals surface area contributed by atoms with Gasteiger partial charge in [0, 0.05) is 6.42 Å². The van der Waals surface area contributed by atoms with Crippen molar-refractivity contribution in [3.05, 3.63) is 0 Å². The predicted octanol–water partition coefficient (Wildman–Crippen LogP) is 16.0. The molecular weight excluding hydrogens is 1100 g/mol. The molecule has 2 saturated heterocycles. The molecule has 12 atom stereocenters. The summed E-state index contributed by atoms with van der Waals surface area (Å²) in [6.07, 6.45) is 54.2. The van der Waals surface area contributed by atoms with Crippen LogP contribution >= 0.6 is 0 Å². The Bertz CT molecular complexity index is 1460. The van der Waals surface area contributed by atoms with Crippen LogP contribution in [0.3, 0.4) is 0 Å². The van der Waals surface area contributed by atoms with E-state index in [-0.39, 0.29) is 12.5 Å². The van der Waals surface area contributed by atoms with Gasteiger partial charge in [-0.25, -0.2) is 0 Å². The first kappa shape index (κ1) is 82.1. The summed E-state index contributed by atoms with van der Waals surface area (Å²) < 4.78 is 23.0. The van der Waals surface area contributed by atoms with Gasteiger partial charge in [-0.1, -0.05) is 348 Å². The Balaban J connectivity index is 1.62. The summed E-state index contributed by atoms with van der Waals surface area (Å²) in [5.74, 6) is -0.196. The van der Waals surface area contributed by atoms with Crippen LogP contribution < -0.4 is 5.32 Å². The Kier molecular flexibility index (Phi) is 55.5. The Hall–Kier alpha value is -1.01. The van der Waals surface area contributed by atoms with Gasteiger partial charge in [-0.2, -0.15) is 0 Å². The van der Waals surface area contributed by atoms with E-state index in [2.05, 4.69) is 19.2 Å². The number of ether oxygens (including phenoxy) is 4. The highest BCUT2D eigenvalue weighted by atomic mass is 16.7. The Morgan fingerprint density at radius 2 is 0.655 bits per heavy atom. The second-order valence-electron chi connectivity index (χ2n) is 27.1. The predicted molar refractivity (Wildman–Crippen MR) is 356 cm³/mol. The Labute approximate surface area is 534 Å². The van der Waals surface area contributed by atoms with E-state index < -0.39 is 86.8 Å². The summed E-state index contributed by atoms with van der Waals surface area (Å²) in [6, 6.07) is -0.825. The zero-order chi connectivity index (χ0) is 63.1. The molecule has 2 heterocycles. The maximum Gasteiger partial charge on any atom is 0.220 e. The number of rotatable bonds is 64. The van der Waals surface area contributed by atoms with Crippen LogP contribution in [0.1, 0.15) is 367 Å². The lowest BCUT2D eigenvalue weighted by atomic mass is 9.97. The fourth-order valence-corrected chi connectivity index (χ4v) is 13.1. The largest absolute Gasteiger partial charge is 0.394 e. The molecule has 0 bridgehead atoms. The van der Waals surface area contributed by atoms with Crippen LogP contribution in [0.5, 0.6) is 0 Å². The number of carbonyl (C=O) groups is 1. The third kappa shape index (κ3) is 42.8. The normalized spacial score (nSPS) is 23.1. The van der Waals surface area contributed by atoms with Crippen molar-refractivity contribution >= 4 is 5.91 Å². The minimum atomic E-state index is -1.78. The van der Waals surface area contributed by atoms with Gasteiger partial charge in [0.15, 0.2) is 12.6 Å². The maximum absolute atomic E-state index is 13.4. The second-order valence-corrected chi connectivity index (χ2v) is 27.1. The van der Waals surface area contributed by atoms with Crippen molar-refractivity contribution in [2.24, 2.45) is 0 Å². The van der Waals surface area contributed by atoms with Crippen molar-refractivity contribution in [1.29, 1.82) is 0 Å². The first-order chi connectivity index (χ1) is 42.6. The van der Waals surface area contributed by atoms with Crippen molar-refractivity contribution in [2.75, 3.05) is 19.8 Å². The van der Waals surface area contributed by atoms with Crippen LogP contribution in [-0.4, -0.2) is 140 Å². The van der Waals surface area contributed by atoms with Crippen LogP contribution in [0.25, 0.3) is 0 Å². The lowest BCUT2D eigenvalue weighted by Crippen LogP contribution is -2.65. The van der Waals surface area contributed by atoms with Gasteiger partial charge in [-0.3, -0.25) is 4.79 Å². The molecule has 0 aromatic heterocycles. The quantitative estimate of drug-likeness (QED) is 0.0259. The molecule has 1 amide bonds. The standard InChI is InChI=1S/C73H143NO13/c1-3-5-7-9-11-13-15-17-19-21-23-25-27-28-29-30-31-32-33-34-35-36-38-40-42-44-46-48-50-52-54-56-62(77)61(60-84-72-70(83)68(81)71(64(59-76)86-72)87-73-69(82)67(80)66(79)63(58-75)85-73)74-65(78)57-55-53-51-49-47-45-43-41-39-37-26-24-22-20-18-16-14-12-10-8-6-4-2/h61-64,66-73,75-77,79-83H,3-60H2,1-2H3,(H,74,78). The van der Waals surface area contributed by atoms with Gasteiger partial charge in [-0.15, -0.1) is 0 Å². The van der Waals surface area contributed by atoms with Gasteiger partial charge in [0.25, 0.3) is 0 Å². The molecule has 0 aliphatic carbocycles. The molecule has 518 valence electrons. The zero-order valence-corrected chi connectivity index (χ0v) is 56.6. The van der Waals surface area contributed by atoms with E-state index in [1.807, 2.05) is 0 Å². The molecule has 2 fully saturated rings. The number of amides is 1. The summed E-state index contributed by atoms with van der Waals surface area (Å²) in [4.78, 5) is 13.4. The molecule has 2 aliphatic heterocycles. The first-order valence-corrected chi connectivity index (χ1v) is 37.8. The van der Waals surface area contributed by atoms with E-state index >= 15 is 0 Å². The molecule has 0 saturated carbocycles. The fraction of sp³-hybridized carbons (Fsp3) is 0.986. The minimum Gasteiger partial charge on any atom is -0.394 e. The summed E-state index contributed by atoms with van der Waals surface area (Å²) >= 11 is 0. The highest BCUT2D eigenvalue weighted by molar-refractivity contribution is 5.76. The number of nitrogens with one attached hydrogen (secondary N) is 1. The van der Waals surface area contributed by atoms with Gasteiger partial charge >= 0.3 is 0 Å². The van der Waals surface area contributed by atoms with Crippen molar-refractivity contribution in [3.8, 4) is 0 Å². The first-order valence-electron chi connectivity index (χ1n) is 37.8. The average molecular weight is 1240 g/mol. The van der Waals surface area contributed by atoms with Crippen LogP contribution in [0.2, 0.25) is 0 Å². The topological polar surface area (TPSA) is 228 Å². The van der Waals surface area contributed by atoms with Gasteiger partial charge in [-0.05, 0) is 12.8 Å². The zero-order valence-electron chi connectivity index (χ0n) is 56.6. The lowest BCUT2D eigenvalue weighted by molar-refractivity contribution is -0.359. The summed E-state index contributed by atoms with van der Waals surface area (Å²) in [7, 11) is 0. The Morgan fingerprint density at radius 3 is 0.977 bits per heavy atom. The molecule has 2 aliphatic rings. The molecular formula is C73H143NO13. The number of unbranched alkanes of at least 4 members (excludes halogenated alkanes) is 51. The highest BCUT2D eigenvalue weighted by Crippen LogP contribution is 2.30. The summed E-state index contributed by atoms with van der Waals surface area (Å²) in [5, 5.41) is 87.7. The third-order valence-corrected chi connectivity index (χ3v) is 19.1. The van der Waals surface area contributed by atoms with Crippen molar-refractivity contribution in [3.63, 3.8) is 0 Å². The summed E-state index contributed by atoms with van der Waals surface area (Å²) in [6.45, 7) is 2.94. The minimum absolute atomic E-state index is 0.196. The average Bonchev–Trinajstić information content (AvgIpc) is 2.33. The molecule has 0 aromatic rings. The molecule has 0 aromatic carbocycles. The fourth-order valence-electron chi connectivity index (χ4n) is 13.1. The molecule has 12 unspecified atom stereocenters. The van der Waals surface area contributed by atoms with Crippen LogP contribution in [0.4, 0.5) is 0 Å². The number of hydrogen-bond donors (Lipinski definition) is 9. The lowest BCUT2D eigenvalue weighted by Gasteiger charge is -2.46. The molecule has 0 spiro atoms. The molecule has 2 rings (SSSR count). The van der Waals surface area contributed by atoms with Gasteiger partial charge in [0.2, 0.25) is 5.91 Å². The monoisotopic (exact) mass is 1240 g/mol. The van der Waals surface area contributed by atoms with Crippen LogP contribution in [0.15, 0.2) is 0 Å². The van der Waals surface area contributed by atoms with Crippen LogP contribution in [-0.2, 0) is 23.7 Å².